The van der Waals surface area contributed by atoms with Crippen LogP contribution < -0.4 is 0 Å². The Kier molecular flexibility index (Phi) is 3.76. The van der Waals surface area contributed by atoms with Crippen molar-refractivity contribution in [2.24, 2.45) is 0 Å². The monoisotopic (exact) mass is 349 g/mol. The number of fused-ring (bicyclic) bond motifs is 2. The number of nitrogens with one attached hydrogen (secondary N) is 1. The third kappa shape index (κ3) is 2.45. The number of rotatable bonds is 4. The number of carbonyl (C=O) groups excluding carboxylic acids is 3. The van der Waals surface area contributed by atoms with Gasteiger partial charge in [-0.25, -0.2) is 9.78 Å². The van der Waals surface area contributed by atoms with E-state index in [1.54, 1.807) is 49.4 Å². The fourth-order valence-corrected chi connectivity index (χ4v) is 3.06. The minimum atomic E-state index is -0.461. The number of carbonyl (C=O) groups is 3. The van der Waals surface area contributed by atoms with Crippen molar-refractivity contribution < 1.29 is 19.1 Å². The fraction of sp³-hybridized carbons (Fsp3) is 0.158. The van der Waals surface area contributed by atoms with Gasteiger partial charge < -0.3 is 9.72 Å². The molecule has 0 radical (unpaired) electrons. The molecule has 0 spiro atoms. The number of hydrogen-bond donors (Lipinski definition) is 1. The molecule has 130 valence electrons. The zero-order chi connectivity index (χ0) is 18.3. The number of aromatic amines is 1. The Morgan fingerprint density at radius 2 is 1.77 bits per heavy atom. The molecule has 26 heavy (non-hydrogen) atoms. The molecule has 2 heterocycles. The summed E-state index contributed by atoms with van der Waals surface area (Å²) < 4.78 is 5.04. The first-order valence-electron chi connectivity index (χ1n) is 8.20. The van der Waals surface area contributed by atoms with E-state index in [0.29, 0.717) is 33.5 Å². The summed E-state index contributed by atoms with van der Waals surface area (Å²) in [7, 11) is 0. The highest BCUT2D eigenvalue weighted by Crippen LogP contribution is 2.25. The van der Waals surface area contributed by atoms with Gasteiger partial charge in [0.1, 0.15) is 11.3 Å². The molecule has 7 nitrogen and oxygen atoms in total. The molecule has 0 atom stereocenters. The molecule has 1 aliphatic rings. The lowest BCUT2D eigenvalue weighted by molar-refractivity contribution is 0.0527. The molecule has 7 heteroatoms. The average Bonchev–Trinajstić information content (AvgIpc) is 3.17. The Morgan fingerprint density at radius 1 is 1.08 bits per heavy atom. The van der Waals surface area contributed by atoms with Gasteiger partial charge in [0, 0.05) is 0 Å². The first-order valence-corrected chi connectivity index (χ1v) is 8.20. The zero-order valence-corrected chi connectivity index (χ0v) is 14.0. The standard InChI is InChI=1S/C19H15N3O4/c1-2-26-19(25)13-8-5-9-14-16(13)21-15(20-14)10-22-17(23)11-6-3-4-7-12(11)18(22)24/h3-9H,2,10H2,1H3,(H,20,21). The number of aromatic nitrogens is 2. The van der Waals surface area contributed by atoms with Crippen LogP contribution in [0.3, 0.4) is 0 Å². The number of amides is 2. The van der Waals surface area contributed by atoms with Gasteiger partial charge in [-0.2, -0.15) is 0 Å². The smallest absolute Gasteiger partial charge is 0.340 e. The first-order chi connectivity index (χ1) is 12.6. The van der Waals surface area contributed by atoms with Gasteiger partial charge in [0.25, 0.3) is 11.8 Å². The Labute approximate surface area is 148 Å². The van der Waals surface area contributed by atoms with Crippen LogP contribution in [-0.2, 0) is 11.3 Å². The van der Waals surface area contributed by atoms with E-state index in [0.717, 1.165) is 4.90 Å². The van der Waals surface area contributed by atoms with Crippen molar-refractivity contribution in [3.63, 3.8) is 0 Å². The summed E-state index contributed by atoms with van der Waals surface area (Å²) in [4.78, 5) is 45.6. The molecule has 1 N–H and O–H groups in total. The molecule has 3 aromatic rings. The van der Waals surface area contributed by atoms with Gasteiger partial charge in [0.2, 0.25) is 0 Å². The number of nitrogens with zero attached hydrogens (tertiary/aromatic N) is 2. The van der Waals surface area contributed by atoms with E-state index < -0.39 is 5.97 Å². The van der Waals surface area contributed by atoms with Gasteiger partial charge in [0.15, 0.2) is 0 Å². The molecule has 1 aliphatic heterocycles. The number of esters is 1. The fourth-order valence-electron chi connectivity index (χ4n) is 3.06. The van der Waals surface area contributed by atoms with Crippen LogP contribution in [-0.4, -0.2) is 39.3 Å². The molecule has 2 aromatic carbocycles. The lowest BCUT2D eigenvalue weighted by Gasteiger charge is -2.11. The molecule has 0 saturated heterocycles. The highest BCUT2D eigenvalue weighted by Gasteiger charge is 2.35. The van der Waals surface area contributed by atoms with E-state index in [-0.39, 0.29) is 25.0 Å². The summed E-state index contributed by atoms with van der Waals surface area (Å²) in [6, 6.07) is 11.8. The topological polar surface area (TPSA) is 92.4 Å². The van der Waals surface area contributed by atoms with Gasteiger partial charge in [-0.05, 0) is 31.2 Å². The highest BCUT2D eigenvalue weighted by molar-refractivity contribution is 6.21. The van der Waals surface area contributed by atoms with Crippen LogP contribution in [0, 0.1) is 0 Å². The van der Waals surface area contributed by atoms with E-state index in [1.807, 2.05) is 0 Å². The van der Waals surface area contributed by atoms with E-state index in [2.05, 4.69) is 9.97 Å². The van der Waals surface area contributed by atoms with Crippen molar-refractivity contribution >= 4 is 28.8 Å². The maximum absolute atomic E-state index is 12.5. The molecule has 0 aliphatic carbocycles. The lowest BCUT2D eigenvalue weighted by atomic mass is 10.1. The van der Waals surface area contributed by atoms with Gasteiger partial charge >= 0.3 is 5.97 Å². The minimum Gasteiger partial charge on any atom is -0.462 e. The van der Waals surface area contributed by atoms with Crippen LogP contribution in [0.15, 0.2) is 42.5 Å². The zero-order valence-electron chi connectivity index (χ0n) is 14.0. The minimum absolute atomic E-state index is 0.00327. The molecular weight excluding hydrogens is 334 g/mol. The summed E-state index contributed by atoms with van der Waals surface area (Å²) in [5.41, 5.74) is 2.22. The Morgan fingerprint density at radius 3 is 2.42 bits per heavy atom. The van der Waals surface area contributed by atoms with Crippen molar-refractivity contribution in [1.82, 2.24) is 14.9 Å². The Hall–Kier alpha value is -3.48. The predicted octanol–water partition coefficient (Wildman–Crippen LogP) is 2.54. The molecule has 0 unspecified atom stereocenters. The largest absolute Gasteiger partial charge is 0.462 e. The number of ether oxygens (including phenoxy) is 1. The van der Waals surface area contributed by atoms with Crippen molar-refractivity contribution in [1.29, 1.82) is 0 Å². The number of imidazole rings is 1. The number of imide groups is 1. The van der Waals surface area contributed by atoms with Crippen molar-refractivity contribution in [2.75, 3.05) is 6.61 Å². The van der Waals surface area contributed by atoms with E-state index >= 15 is 0 Å². The SMILES string of the molecule is CCOC(=O)c1cccc2[nH]c(CN3C(=O)c4ccccc4C3=O)nc12. The first kappa shape index (κ1) is 16.0. The van der Waals surface area contributed by atoms with Crippen LogP contribution in [0.1, 0.15) is 43.8 Å². The summed E-state index contributed by atoms with van der Waals surface area (Å²) in [5, 5.41) is 0. The normalized spacial score (nSPS) is 13.3. The number of H-pyrrole nitrogens is 1. The molecule has 0 bridgehead atoms. The summed E-state index contributed by atoms with van der Waals surface area (Å²) in [5.74, 6) is -0.739. The molecule has 0 fully saturated rings. The maximum atomic E-state index is 12.5. The highest BCUT2D eigenvalue weighted by atomic mass is 16.5. The molecule has 2 amide bonds. The van der Waals surface area contributed by atoms with E-state index in [1.165, 1.54) is 0 Å². The third-order valence-electron chi connectivity index (χ3n) is 4.24. The van der Waals surface area contributed by atoms with Crippen LogP contribution in [0.5, 0.6) is 0 Å². The van der Waals surface area contributed by atoms with Gasteiger partial charge in [-0.1, -0.05) is 18.2 Å². The number of benzene rings is 2. The summed E-state index contributed by atoms with van der Waals surface area (Å²) in [6.07, 6.45) is 0. The van der Waals surface area contributed by atoms with Crippen molar-refractivity contribution in [3.8, 4) is 0 Å². The average molecular weight is 349 g/mol. The van der Waals surface area contributed by atoms with Crippen LogP contribution in [0.4, 0.5) is 0 Å². The summed E-state index contributed by atoms with van der Waals surface area (Å²) >= 11 is 0. The third-order valence-corrected chi connectivity index (χ3v) is 4.24. The number of para-hydroxylation sites is 1. The molecule has 1 aromatic heterocycles. The van der Waals surface area contributed by atoms with Gasteiger partial charge in [-0.15, -0.1) is 0 Å². The van der Waals surface area contributed by atoms with Crippen molar-refractivity contribution in [2.45, 2.75) is 13.5 Å². The second-order valence-electron chi connectivity index (χ2n) is 5.85. The van der Waals surface area contributed by atoms with E-state index in [9.17, 15) is 14.4 Å². The predicted molar refractivity (Wildman–Crippen MR) is 92.7 cm³/mol. The maximum Gasteiger partial charge on any atom is 0.340 e. The lowest BCUT2D eigenvalue weighted by Crippen LogP contribution is -2.29. The van der Waals surface area contributed by atoms with E-state index in [4.69, 9.17) is 4.74 Å². The Bertz CT molecular complexity index is 1020. The second kappa shape index (κ2) is 6.11. The van der Waals surface area contributed by atoms with Crippen LogP contribution in [0.25, 0.3) is 11.0 Å². The Balaban J connectivity index is 1.67. The van der Waals surface area contributed by atoms with Crippen molar-refractivity contribution in [3.05, 3.63) is 65.0 Å². The quantitative estimate of drug-likeness (QED) is 0.577. The van der Waals surface area contributed by atoms with Crippen LogP contribution in [0.2, 0.25) is 0 Å². The van der Waals surface area contributed by atoms with Crippen LogP contribution >= 0.6 is 0 Å². The van der Waals surface area contributed by atoms with Gasteiger partial charge in [0.05, 0.1) is 35.4 Å². The second-order valence-corrected chi connectivity index (χ2v) is 5.85. The number of hydrogen-bond acceptors (Lipinski definition) is 5. The summed E-state index contributed by atoms with van der Waals surface area (Å²) in [6.45, 7) is 2.00. The molecule has 0 saturated carbocycles. The molecule has 4 rings (SSSR count). The van der Waals surface area contributed by atoms with Gasteiger partial charge in [-0.3, -0.25) is 14.5 Å². The molecular formula is C19H15N3O4.